The molecule has 1 unspecified atom stereocenters. The van der Waals surface area contributed by atoms with Crippen molar-refractivity contribution in [1.29, 1.82) is 0 Å². The van der Waals surface area contributed by atoms with Crippen LogP contribution in [-0.2, 0) is 10.0 Å². The molecule has 1 saturated heterocycles. The van der Waals surface area contributed by atoms with Gasteiger partial charge in [0.05, 0.1) is 10.9 Å². The molecule has 1 atom stereocenters. The van der Waals surface area contributed by atoms with Crippen LogP contribution in [0.4, 0.5) is 0 Å². The van der Waals surface area contributed by atoms with Gasteiger partial charge in [-0.25, -0.2) is 8.42 Å². The minimum atomic E-state index is -3.59. The molecule has 0 saturated carbocycles. The van der Waals surface area contributed by atoms with Crippen molar-refractivity contribution in [3.8, 4) is 5.75 Å². The predicted octanol–water partition coefficient (Wildman–Crippen LogP) is 4.59. The average molecular weight is 457 g/mol. The summed E-state index contributed by atoms with van der Waals surface area (Å²) < 4.78 is 33.9. The molecule has 0 aliphatic carbocycles. The van der Waals surface area contributed by atoms with E-state index in [1.165, 1.54) is 10.4 Å². The van der Waals surface area contributed by atoms with E-state index in [0.29, 0.717) is 25.1 Å². The standard InChI is InChI=1S/C25H32N2O4S/c1-4-25(5-2)17-22(20-10-6-7-11-23(20)31-25)26-24(28)21-16-19(13-12-18(21)3)32(29,30)27-14-8-9-15-27/h6-7,10-13,16,22H,4-5,8-9,14-15,17H2,1-3H3,(H,26,28). The lowest BCUT2D eigenvalue weighted by atomic mass is 9.83. The van der Waals surface area contributed by atoms with Gasteiger partial charge in [0.25, 0.3) is 5.91 Å². The number of fused-ring (bicyclic) bond motifs is 1. The fraction of sp³-hybridized carbons (Fsp3) is 0.480. The van der Waals surface area contributed by atoms with Crippen LogP contribution in [0.5, 0.6) is 5.75 Å². The van der Waals surface area contributed by atoms with Crippen LogP contribution >= 0.6 is 0 Å². The Kier molecular flexibility index (Phi) is 6.32. The highest BCUT2D eigenvalue weighted by Crippen LogP contribution is 2.42. The van der Waals surface area contributed by atoms with Crippen molar-refractivity contribution in [3.05, 3.63) is 59.2 Å². The van der Waals surface area contributed by atoms with E-state index < -0.39 is 10.0 Å². The maximum atomic E-state index is 13.4. The predicted molar refractivity (Wildman–Crippen MR) is 124 cm³/mol. The number of hydrogen-bond acceptors (Lipinski definition) is 4. The highest BCUT2D eigenvalue weighted by Gasteiger charge is 2.39. The van der Waals surface area contributed by atoms with Crippen LogP contribution in [0.25, 0.3) is 0 Å². The molecule has 0 radical (unpaired) electrons. The summed E-state index contributed by atoms with van der Waals surface area (Å²) in [5.74, 6) is 0.540. The second-order valence-electron chi connectivity index (χ2n) is 8.85. The van der Waals surface area contributed by atoms with E-state index in [1.54, 1.807) is 12.1 Å². The third-order valence-corrected chi connectivity index (χ3v) is 8.84. The highest BCUT2D eigenvalue weighted by molar-refractivity contribution is 7.89. The molecule has 1 amide bonds. The monoisotopic (exact) mass is 456 g/mol. The van der Waals surface area contributed by atoms with Gasteiger partial charge in [0.1, 0.15) is 11.4 Å². The number of amides is 1. The number of aryl methyl sites for hydroxylation is 1. The summed E-state index contributed by atoms with van der Waals surface area (Å²) in [5, 5.41) is 3.18. The number of carbonyl (C=O) groups is 1. The van der Waals surface area contributed by atoms with Crippen molar-refractivity contribution in [2.45, 2.75) is 69.4 Å². The second kappa shape index (κ2) is 8.87. The highest BCUT2D eigenvalue weighted by atomic mass is 32.2. The zero-order chi connectivity index (χ0) is 22.9. The minimum Gasteiger partial charge on any atom is -0.487 e. The van der Waals surface area contributed by atoms with Gasteiger partial charge in [-0.2, -0.15) is 4.31 Å². The van der Waals surface area contributed by atoms with Crippen LogP contribution in [0, 0.1) is 6.92 Å². The molecule has 172 valence electrons. The molecule has 6 nitrogen and oxygen atoms in total. The topological polar surface area (TPSA) is 75.7 Å². The van der Waals surface area contributed by atoms with Crippen molar-refractivity contribution >= 4 is 15.9 Å². The number of nitrogens with zero attached hydrogens (tertiary/aromatic N) is 1. The number of para-hydroxylation sites is 1. The van der Waals surface area contributed by atoms with Crippen LogP contribution in [0.1, 0.15) is 73.5 Å². The summed E-state index contributed by atoms with van der Waals surface area (Å²) in [4.78, 5) is 13.6. The van der Waals surface area contributed by atoms with Gasteiger partial charge in [-0.3, -0.25) is 4.79 Å². The Morgan fingerprint density at radius 3 is 2.50 bits per heavy atom. The Balaban J connectivity index is 1.64. The summed E-state index contributed by atoms with van der Waals surface area (Å²) in [7, 11) is -3.59. The quantitative estimate of drug-likeness (QED) is 0.690. The SMILES string of the molecule is CCC1(CC)CC(NC(=O)c2cc(S(=O)(=O)N3CCCC3)ccc2C)c2ccccc2O1. The largest absolute Gasteiger partial charge is 0.487 e. The van der Waals surface area contributed by atoms with E-state index in [1.807, 2.05) is 31.2 Å². The van der Waals surface area contributed by atoms with Gasteiger partial charge in [-0.1, -0.05) is 38.1 Å². The van der Waals surface area contributed by atoms with Crippen molar-refractivity contribution < 1.29 is 17.9 Å². The first-order chi connectivity index (χ1) is 15.3. The summed E-state index contributed by atoms with van der Waals surface area (Å²) in [6.07, 6.45) is 4.10. The lowest BCUT2D eigenvalue weighted by Crippen LogP contribution is -2.44. The maximum absolute atomic E-state index is 13.4. The van der Waals surface area contributed by atoms with E-state index in [4.69, 9.17) is 4.74 Å². The lowest BCUT2D eigenvalue weighted by Gasteiger charge is -2.41. The fourth-order valence-corrected chi connectivity index (χ4v) is 6.29. The molecule has 1 N–H and O–H groups in total. The molecule has 0 aromatic heterocycles. The minimum absolute atomic E-state index is 0.180. The lowest BCUT2D eigenvalue weighted by molar-refractivity contribution is 0.0227. The molecule has 7 heteroatoms. The van der Waals surface area contributed by atoms with E-state index in [0.717, 1.165) is 42.6 Å². The molecule has 32 heavy (non-hydrogen) atoms. The van der Waals surface area contributed by atoms with E-state index >= 15 is 0 Å². The van der Waals surface area contributed by atoms with Gasteiger partial charge in [0.2, 0.25) is 10.0 Å². The number of benzene rings is 2. The Labute approximate surface area is 191 Å². The summed E-state index contributed by atoms with van der Waals surface area (Å²) in [6, 6.07) is 12.5. The Morgan fingerprint density at radius 2 is 1.81 bits per heavy atom. The Hall–Kier alpha value is -2.38. The van der Waals surface area contributed by atoms with E-state index in [-0.39, 0.29) is 22.4 Å². The number of nitrogens with one attached hydrogen (secondary N) is 1. The third kappa shape index (κ3) is 4.16. The van der Waals surface area contributed by atoms with Crippen molar-refractivity contribution in [2.75, 3.05) is 13.1 Å². The first-order valence-corrected chi connectivity index (χ1v) is 12.9. The smallest absolute Gasteiger partial charge is 0.252 e. The molecule has 2 aliphatic rings. The zero-order valence-electron chi connectivity index (χ0n) is 19.1. The second-order valence-corrected chi connectivity index (χ2v) is 10.8. The van der Waals surface area contributed by atoms with Gasteiger partial charge in [-0.15, -0.1) is 0 Å². The zero-order valence-corrected chi connectivity index (χ0v) is 19.9. The van der Waals surface area contributed by atoms with Crippen LogP contribution in [0.3, 0.4) is 0 Å². The first-order valence-electron chi connectivity index (χ1n) is 11.5. The van der Waals surface area contributed by atoms with Gasteiger partial charge < -0.3 is 10.1 Å². The maximum Gasteiger partial charge on any atom is 0.252 e. The molecule has 0 spiro atoms. The molecular formula is C25H32N2O4S. The molecule has 2 heterocycles. The van der Waals surface area contributed by atoms with Crippen LogP contribution in [0.2, 0.25) is 0 Å². The summed E-state index contributed by atoms with van der Waals surface area (Å²) in [5.41, 5.74) is 1.77. The number of sulfonamides is 1. The van der Waals surface area contributed by atoms with Crippen LogP contribution in [0.15, 0.2) is 47.4 Å². The van der Waals surface area contributed by atoms with Gasteiger partial charge in [0, 0.05) is 30.6 Å². The molecule has 2 aromatic rings. The van der Waals surface area contributed by atoms with Crippen molar-refractivity contribution in [3.63, 3.8) is 0 Å². The molecule has 4 rings (SSSR count). The van der Waals surface area contributed by atoms with Crippen LogP contribution < -0.4 is 10.1 Å². The number of ether oxygens (including phenoxy) is 1. The first kappa shape index (κ1) is 22.8. The molecule has 2 aromatic carbocycles. The fourth-order valence-electron chi connectivity index (χ4n) is 4.75. The molecule has 2 aliphatic heterocycles. The van der Waals surface area contributed by atoms with E-state index in [9.17, 15) is 13.2 Å². The summed E-state index contributed by atoms with van der Waals surface area (Å²) >= 11 is 0. The Morgan fingerprint density at radius 1 is 1.12 bits per heavy atom. The van der Waals surface area contributed by atoms with Gasteiger partial charge >= 0.3 is 0 Å². The normalized spacial score (nSPS) is 20.4. The van der Waals surface area contributed by atoms with Gasteiger partial charge in [0.15, 0.2) is 0 Å². The number of hydrogen-bond donors (Lipinski definition) is 1. The van der Waals surface area contributed by atoms with Crippen LogP contribution in [-0.4, -0.2) is 37.3 Å². The van der Waals surface area contributed by atoms with E-state index in [2.05, 4.69) is 19.2 Å². The molecule has 0 bridgehead atoms. The number of rotatable bonds is 6. The summed E-state index contributed by atoms with van der Waals surface area (Å²) in [6.45, 7) is 7.11. The average Bonchev–Trinajstić information content (AvgIpc) is 3.35. The van der Waals surface area contributed by atoms with Crippen molar-refractivity contribution in [2.24, 2.45) is 0 Å². The number of carbonyl (C=O) groups excluding carboxylic acids is 1. The third-order valence-electron chi connectivity index (χ3n) is 6.95. The van der Waals surface area contributed by atoms with Gasteiger partial charge in [-0.05, 0) is 56.4 Å². The molecule has 1 fully saturated rings. The van der Waals surface area contributed by atoms with Crippen molar-refractivity contribution in [1.82, 2.24) is 9.62 Å². The molecular weight excluding hydrogens is 424 g/mol. The Bertz CT molecular complexity index is 1100.